The van der Waals surface area contributed by atoms with E-state index < -0.39 is 0 Å². The molecule has 0 atom stereocenters. The Bertz CT molecular complexity index is 676. The molecule has 5 heteroatoms. The van der Waals surface area contributed by atoms with Gasteiger partial charge >= 0.3 is 0 Å². The molecule has 1 aliphatic heterocycles. The first-order valence-electron chi connectivity index (χ1n) is 6.04. The molecule has 0 spiro atoms. The highest BCUT2D eigenvalue weighted by molar-refractivity contribution is 5.57. The fraction of sp³-hybridized carbons (Fsp3) is 0.214. The summed E-state index contributed by atoms with van der Waals surface area (Å²) in [4.78, 5) is 8.70. The van der Waals surface area contributed by atoms with Crippen LogP contribution < -0.4 is 5.32 Å². The van der Waals surface area contributed by atoms with Gasteiger partial charge in [0.15, 0.2) is 5.82 Å². The van der Waals surface area contributed by atoms with Crippen LogP contribution in [0, 0.1) is 17.1 Å². The van der Waals surface area contributed by atoms with Gasteiger partial charge in [0.2, 0.25) is 0 Å². The van der Waals surface area contributed by atoms with E-state index in [1.807, 2.05) is 0 Å². The molecule has 0 bridgehead atoms. The van der Waals surface area contributed by atoms with Crippen LogP contribution in [0.15, 0.2) is 24.3 Å². The summed E-state index contributed by atoms with van der Waals surface area (Å²) in [6, 6.07) is 8.20. The number of nitriles is 1. The van der Waals surface area contributed by atoms with Crippen molar-refractivity contribution in [2.45, 2.75) is 13.0 Å². The van der Waals surface area contributed by atoms with Gasteiger partial charge in [-0.05, 0) is 12.1 Å². The van der Waals surface area contributed by atoms with Crippen molar-refractivity contribution in [3.63, 3.8) is 0 Å². The molecule has 2 heterocycles. The van der Waals surface area contributed by atoms with Crippen LogP contribution in [0.3, 0.4) is 0 Å². The smallest absolute Gasteiger partial charge is 0.161 e. The highest BCUT2D eigenvalue weighted by Crippen LogP contribution is 2.21. The number of benzene rings is 1. The number of hydrogen-bond donors (Lipinski definition) is 1. The first-order valence-corrected chi connectivity index (χ1v) is 6.04. The topological polar surface area (TPSA) is 61.6 Å². The van der Waals surface area contributed by atoms with Crippen molar-refractivity contribution in [3.8, 4) is 17.5 Å². The zero-order valence-electron chi connectivity index (χ0n) is 10.2. The van der Waals surface area contributed by atoms with Crippen molar-refractivity contribution in [1.82, 2.24) is 15.3 Å². The molecule has 2 aromatic rings. The number of fused-ring (bicyclic) bond motifs is 1. The first-order chi connectivity index (χ1) is 9.28. The number of rotatable bonds is 1. The minimum atomic E-state index is -0.334. The van der Waals surface area contributed by atoms with Gasteiger partial charge in [-0.2, -0.15) is 5.26 Å². The van der Waals surface area contributed by atoms with E-state index in [1.165, 1.54) is 12.1 Å². The van der Waals surface area contributed by atoms with E-state index >= 15 is 0 Å². The average molecular weight is 254 g/mol. The maximum atomic E-state index is 13.2. The van der Waals surface area contributed by atoms with Crippen LogP contribution in [-0.2, 0) is 13.0 Å². The van der Waals surface area contributed by atoms with Gasteiger partial charge in [0.1, 0.15) is 17.6 Å². The summed E-state index contributed by atoms with van der Waals surface area (Å²) in [5, 5.41) is 12.4. The maximum absolute atomic E-state index is 13.2. The molecule has 19 heavy (non-hydrogen) atoms. The highest BCUT2D eigenvalue weighted by Gasteiger charge is 2.18. The molecule has 4 nitrogen and oxygen atoms in total. The van der Waals surface area contributed by atoms with Gasteiger partial charge < -0.3 is 5.32 Å². The fourth-order valence-electron chi connectivity index (χ4n) is 2.19. The number of nitrogens with zero attached hydrogens (tertiary/aromatic N) is 3. The number of halogens is 1. The number of aromatic nitrogens is 2. The van der Waals surface area contributed by atoms with E-state index in [4.69, 9.17) is 0 Å². The van der Waals surface area contributed by atoms with Crippen molar-refractivity contribution in [2.75, 3.05) is 6.54 Å². The molecule has 0 radical (unpaired) electrons. The molecular formula is C14H11FN4. The SMILES string of the molecule is N#Cc1nc(-c2cccc(F)c2)nc2c1CNCC2. The molecule has 1 aliphatic rings. The van der Waals surface area contributed by atoms with Crippen molar-refractivity contribution in [3.05, 3.63) is 47.0 Å². The second kappa shape index (κ2) is 4.75. The van der Waals surface area contributed by atoms with E-state index in [1.54, 1.807) is 12.1 Å². The molecule has 0 saturated heterocycles. The van der Waals surface area contributed by atoms with Gasteiger partial charge in [0.25, 0.3) is 0 Å². The van der Waals surface area contributed by atoms with Crippen LogP contribution in [0.25, 0.3) is 11.4 Å². The van der Waals surface area contributed by atoms with E-state index in [0.717, 1.165) is 24.2 Å². The second-order valence-corrected chi connectivity index (χ2v) is 4.37. The van der Waals surface area contributed by atoms with Crippen LogP contribution in [0.4, 0.5) is 4.39 Å². The molecule has 0 fully saturated rings. The molecule has 0 saturated carbocycles. The zero-order chi connectivity index (χ0) is 13.2. The van der Waals surface area contributed by atoms with Gasteiger partial charge in [-0.15, -0.1) is 0 Å². The Hall–Kier alpha value is -2.32. The monoisotopic (exact) mass is 254 g/mol. The van der Waals surface area contributed by atoms with Gasteiger partial charge in [-0.1, -0.05) is 12.1 Å². The normalized spacial score (nSPS) is 13.7. The largest absolute Gasteiger partial charge is 0.312 e. The molecule has 0 aliphatic carbocycles. The Morgan fingerprint density at radius 1 is 1.32 bits per heavy atom. The molecule has 0 amide bonds. The van der Waals surface area contributed by atoms with Crippen molar-refractivity contribution in [1.29, 1.82) is 5.26 Å². The van der Waals surface area contributed by atoms with Crippen molar-refractivity contribution >= 4 is 0 Å². The van der Waals surface area contributed by atoms with E-state index in [-0.39, 0.29) is 5.82 Å². The molecule has 1 aromatic carbocycles. The van der Waals surface area contributed by atoms with Crippen molar-refractivity contribution in [2.24, 2.45) is 0 Å². The third-order valence-corrected chi connectivity index (χ3v) is 3.12. The lowest BCUT2D eigenvalue weighted by atomic mass is 10.0. The molecular weight excluding hydrogens is 243 g/mol. The molecule has 1 aromatic heterocycles. The van der Waals surface area contributed by atoms with Crippen LogP contribution in [0.2, 0.25) is 0 Å². The summed E-state index contributed by atoms with van der Waals surface area (Å²) in [5.41, 5.74) is 2.70. The molecule has 1 N–H and O–H groups in total. The van der Waals surface area contributed by atoms with Crippen LogP contribution in [0.1, 0.15) is 17.0 Å². The van der Waals surface area contributed by atoms with Gasteiger partial charge in [0.05, 0.1) is 5.69 Å². The second-order valence-electron chi connectivity index (χ2n) is 4.37. The first kappa shape index (κ1) is 11.8. The Kier molecular flexibility index (Phi) is 2.94. The van der Waals surface area contributed by atoms with Gasteiger partial charge in [0, 0.05) is 30.6 Å². The standard InChI is InChI=1S/C14H11FN4/c15-10-3-1-2-9(6-10)14-18-12-4-5-17-8-11(12)13(7-16)19-14/h1-3,6,17H,4-5,8H2. The third-order valence-electron chi connectivity index (χ3n) is 3.12. The summed E-state index contributed by atoms with van der Waals surface area (Å²) >= 11 is 0. The number of hydrogen-bond acceptors (Lipinski definition) is 4. The summed E-state index contributed by atoms with van der Waals surface area (Å²) < 4.78 is 13.2. The van der Waals surface area contributed by atoms with E-state index in [9.17, 15) is 9.65 Å². The minimum absolute atomic E-state index is 0.334. The molecule has 94 valence electrons. The lowest BCUT2D eigenvalue weighted by Gasteiger charge is -2.17. The molecule has 3 rings (SSSR count). The maximum Gasteiger partial charge on any atom is 0.161 e. The highest BCUT2D eigenvalue weighted by atomic mass is 19.1. The van der Waals surface area contributed by atoms with E-state index in [2.05, 4.69) is 21.4 Å². The Morgan fingerprint density at radius 3 is 3.00 bits per heavy atom. The summed E-state index contributed by atoms with van der Waals surface area (Å²) in [6.07, 6.45) is 0.759. The number of nitrogens with one attached hydrogen (secondary N) is 1. The minimum Gasteiger partial charge on any atom is -0.312 e. The van der Waals surface area contributed by atoms with Crippen LogP contribution in [0.5, 0.6) is 0 Å². The summed E-state index contributed by atoms with van der Waals surface area (Å²) in [6.45, 7) is 1.44. The predicted molar refractivity (Wildman–Crippen MR) is 67.6 cm³/mol. The fourth-order valence-corrected chi connectivity index (χ4v) is 2.19. The molecule has 0 unspecified atom stereocenters. The van der Waals surface area contributed by atoms with Gasteiger partial charge in [-0.3, -0.25) is 0 Å². The van der Waals surface area contributed by atoms with Crippen LogP contribution >= 0.6 is 0 Å². The zero-order valence-corrected chi connectivity index (χ0v) is 10.2. The Balaban J connectivity index is 2.16. The quantitative estimate of drug-likeness (QED) is 0.843. The predicted octanol–water partition coefficient (Wildman–Crippen LogP) is 1.80. The van der Waals surface area contributed by atoms with E-state index in [0.29, 0.717) is 23.6 Å². The average Bonchev–Trinajstić information content (AvgIpc) is 2.46. The summed E-state index contributed by atoms with van der Waals surface area (Å²) in [7, 11) is 0. The summed E-state index contributed by atoms with van der Waals surface area (Å²) in [5.74, 6) is 0.0793. The lowest BCUT2D eigenvalue weighted by Crippen LogP contribution is -2.26. The Morgan fingerprint density at radius 2 is 2.21 bits per heavy atom. The van der Waals surface area contributed by atoms with Crippen molar-refractivity contribution < 1.29 is 4.39 Å². The third kappa shape index (κ3) is 2.18. The van der Waals surface area contributed by atoms with Crippen LogP contribution in [-0.4, -0.2) is 16.5 Å². The lowest BCUT2D eigenvalue weighted by molar-refractivity contribution is 0.623. The Labute approximate surface area is 109 Å². The van der Waals surface area contributed by atoms with Gasteiger partial charge in [-0.25, -0.2) is 14.4 Å².